The van der Waals surface area contributed by atoms with E-state index in [9.17, 15) is 13.2 Å². The zero-order valence-electron chi connectivity index (χ0n) is 10.2. The molecule has 1 aliphatic rings. The number of alkyl halides is 3. The van der Waals surface area contributed by atoms with Gasteiger partial charge in [0.2, 0.25) is 5.82 Å². The Morgan fingerprint density at radius 1 is 1.10 bits per heavy atom. The van der Waals surface area contributed by atoms with E-state index in [-0.39, 0.29) is 24.7 Å². The fourth-order valence-electron chi connectivity index (χ4n) is 2.06. The first kappa shape index (κ1) is 12.6. The maximum Gasteiger partial charge on any atom is 0.451 e. The van der Waals surface area contributed by atoms with Crippen molar-refractivity contribution in [3.63, 3.8) is 0 Å². The van der Waals surface area contributed by atoms with E-state index in [4.69, 9.17) is 5.73 Å². The summed E-state index contributed by atoms with van der Waals surface area (Å²) >= 11 is 0. The predicted molar refractivity (Wildman–Crippen MR) is 62.5 cm³/mol. The van der Waals surface area contributed by atoms with Crippen molar-refractivity contribution in [3.05, 3.63) is 24.0 Å². The molecule has 3 heterocycles. The van der Waals surface area contributed by atoms with Crippen LogP contribution in [0.3, 0.4) is 0 Å². The van der Waals surface area contributed by atoms with Crippen molar-refractivity contribution >= 4 is 11.6 Å². The van der Waals surface area contributed by atoms with Gasteiger partial charge in [-0.25, -0.2) is 9.97 Å². The Balaban J connectivity index is 1.86. The fourth-order valence-corrected chi connectivity index (χ4v) is 2.06. The SMILES string of the molecule is Nc1cnc(N2CCn3c(nnc3C(F)(F)F)C2)cn1. The van der Waals surface area contributed by atoms with Gasteiger partial charge in [0.25, 0.3) is 0 Å². The number of nitrogen functional groups attached to an aromatic ring is 1. The highest BCUT2D eigenvalue weighted by molar-refractivity contribution is 5.40. The molecule has 0 saturated carbocycles. The van der Waals surface area contributed by atoms with Crippen LogP contribution in [0.4, 0.5) is 24.8 Å². The summed E-state index contributed by atoms with van der Waals surface area (Å²) in [7, 11) is 0. The van der Waals surface area contributed by atoms with E-state index >= 15 is 0 Å². The van der Waals surface area contributed by atoms with Crippen LogP contribution in [-0.4, -0.2) is 31.3 Å². The van der Waals surface area contributed by atoms with E-state index in [1.807, 2.05) is 0 Å². The van der Waals surface area contributed by atoms with Crippen molar-refractivity contribution in [2.24, 2.45) is 0 Å². The van der Waals surface area contributed by atoms with Gasteiger partial charge in [-0.3, -0.25) is 0 Å². The number of rotatable bonds is 1. The highest BCUT2D eigenvalue weighted by Gasteiger charge is 2.39. The second-order valence-corrected chi connectivity index (χ2v) is 4.31. The summed E-state index contributed by atoms with van der Waals surface area (Å²) in [6.45, 7) is 0.706. The lowest BCUT2D eigenvalue weighted by Gasteiger charge is -2.28. The van der Waals surface area contributed by atoms with Crippen LogP contribution in [-0.2, 0) is 19.3 Å². The Morgan fingerprint density at radius 2 is 1.90 bits per heavy atom. The number of hydrogen-bond donors (Lipinski definition) is 1. The molecule has 2 aromatic heterocycles. The summed E-state index contributed by atoms with van der Waals surface area (Å²) in [5.41, 5.74) is 5.44. The Bertz CT molecular complexity index is 619. The number of nitrogens with two attached hydrogens (primary N) is 1. The lowest BCUT2D eigenvalue weighted by Crippen LogP contribution is -2.35. The van der Waals surface area contributed by atoms with Crippen LogP contribution in [0.25, 0.3) is 0 Å². The third kappa shape index (κ3) is 2.12. The molecule has 0 aromatic carbocycles. The molecule has 0 spiro atoms. The van der Waals surface area contributed by atoms with Crippen LogP contribution >= 0.6 is 0 Å². The normalized spacial score (nSPS) is 15.2. The molecule has 106 valence electrons. The second-order valence-electron chi connectivity index (χ2n) is 4.31. The van der Waals surface area contributed by atoms with Crippen LogP contribution in [0.2, 0.25) is 0 Å². The molecule has 0 atom stereocenters. The second kappa shape index (κ2) is 4.32. The Labute approximate surface area is 111 Å². The molecular formula is C10H10F3N7. The van der Waals surface area contributed by atoms with Crippen molar-refractivity contribution in [2.75, 3.05) is 17.2 Å². The Morgan fingerprint density at radius 3 is 2.55 bits per heavy atom. The summed E-state index contributed by atoms with van der Waals surface area (Å²) in [5.74, 6) is 0.119. The van der Waals surface area contributed by atoms with E-state index in [0.29, 0.717) is 12.4 Å². The molecular weight excluding hydrogens is 275 g/mol. The molecule has 2 aromatic rings. The molecule has 2 N–H and O–H groups in total. The van der Waals surface area contributed by atoms with Crippen LogP contribution in [0.5, 0.6) is 0 Å². The zero-order chi connectivity index (χ0) is 14.3. The van der Waals surface area contributed by atoms with Gasteiger partial charge in [0, 0.05) is 13.1 Å². The van der Waals surface area contributed by atoms with E-state index in [1.165, 1.54) is 12.4 Å². The summed E-state index contributed by atoms with van der Waals surface area (Å²) in [6, 6.07) is 0. The molecule has 10 heteroatoms. The van der Waals surface area contributed by atoms with E-state index < -0.39 is 12.0 Å². The van der Waals surface area contributed by atoms with Crippen molar-refractivity contribution in [1.29, 1.82) is 0 Å². The smallest absolute Gasteiger partial charge is 0.382 e. The number of halogens is 3. The molecule has 0 bridgehead atoms. The van der Waals surface area contributed by atoms with Crippen molar-refractivity contribution in [3.8, 4) is 0 Å². The minimum atomic E-state index is -4.49. The quantitative estimate of drug-likeness (QED) is 0.829. The van der Waals surface area contributed by atoms with Crippen molar-refractivity contribution in [2.45, 2.75) is 19.3 Å². The maximum absolute atomic E-state index is 12.7. The summed E-state index contributed by atoms with van der Waals surface area (Å²) < 4.78 is 39.2. The number of anilines is 2. The average molecular weight is 285 g/mol. The van der Waals surface area contributed by atoms with Crippen LogP contribution < -0.4 is 10.6 Å². The molecule has 0 unspecified atom stereocenters. The van der Waals surface area contributed by atoms with E-state index in [1.54, 1.807) is 4.90 Å². The lowest BCUT2D eigenvalue weighted by atomic mass is 10.3. The molecule has 20 heavy (non-hydrogen) atoms. The monoisotopic (exact) mass is 285 g/mol. The molecule has 0 amide bonds. The molecule has 0 fully saturated rings. The molecule has 0 radical (unpaired) electrons. The van der Waals surface area contributed by atoms with Gasteiger partial charge < -0.3 is 15.2 Å². The van der Waals surface area contributed by atoms with Crippen LogP contribution in [0.15, 0.2) is 12.4 Å². The highest BCUT2D eigenvalue weighted by atomic mass is 19.4. The Hall–Kier alpha value is -2.39. The first-order valence-electron chi connectivity index (χ1n) is 5.77. The largest absolute Gasteiger partial charge is 0.451 e. The van der Waals surface area contributed by atoms with Gasteiger partial charge in [-0.2, -0.15) is 13.2 Å². The minimum Gasteiger partial charge on any atom is -0.382 e. The molecule has 1 aliphatic heterocycles. The van der Waals surface area contributed by atoms with Crippen molar-refractivity contribution < 1.29 is 13.2 Å². The van der Waals surface area contributed by atoms with E-state index in [0.717, 1.165) is 4.57 Å². The predicted octanol–water partition coefficient (Wildman–Crippen LogP) is 0.689. The summed E-state index contributed by atoms with van der Waals surface area (Å²) in [4.78, 5) is 9.77. The molecule has 3 rings (SSSR count). The fraction of sp³-hybridized carbons (Fsp3) is 0.400. The third-order valence-corrected chi connectivity index (χ3v) is 2.99. The molecule has 7 nitrogen and oxygen atoms in total. The first-order valence-corrected chi connectivity index (χ1v) is 5.77. The zero-order valence-corrected chi connectivity index (χ0v) is 10.2. The van der Waals surface area contributed by atoms with E-state index in [2.05, 4.69) is 20.2 Å². The highest BCUT2D eigenvalue weighted by Crippen LogP contribution is 2.30. The number of hydrogen-bond acceptors (Lipinski definition) is 6. The van der Waals surface area contributed by atoms with Gasteiger partial charge in [0.05, 0.1) is 18.9 Å². The van der Waals surface area contributed by atoms with Crippen LogP contribution in [0, 0.1) is 0 Å². The van der Waals surface area contributed by atoms with Gasteiger partial charge in [-0.1, -0.05) is 0 Å². The lowest BCUT2D eigenvalue weighted by molar-refractivity contribution is -0.147. The van der Waals surface area contributed by atoms with Gasteiger partial charge in [-0.15, -0.1) is 10.2 Å². The van der Waals surface area contributed by atoms with Gasteiger partial charge in [-0.05, 0) is 0 Å². The van der Waals surface area contributed by atoms with Gasteiger partial charge >= 0.3 is 6.18 Å². The third-order valence-electron chi connectivity index (χ3n) is 2.99. The first-order chi connectivity index (χ1) is 9.45. The van der Waals surface area contributed by atoms with Gasteiger partial charge in [0.1, 0.15) is 11.6 Å². The number of aromatic nitrogens is 5. The van der Waals surface area contributed by atoms with Crippen molar-refractivity contribution in [1.82, 2.24) is 24.7 Å². The topological polar surface area (TPSA) is 85.8 Å². The Kier molecular flexibility index (Phi) is 2.73. The summed E-state index contributed by atoms with van der Waals surface area (Å²) in [5, 5.41) is 6.81. The average Bonchev–Trinajstić information content (AvgIpc) is 2.82. The van der Waals surface area contributed by atoms with Gasteiger partial charge in [0.15, 0.2) is 5.82 Å². The number of fused-ring (bicyclic) bond motifs is 1. The molecule has 0 aliphatic carbocycles. The summed E-state index contributed by atoms with van der Waals surface area (Å²) in [6.07, 6.45) is -1.61. The van der Waals surface area contributed by atoms with Crippen LogP contribution in [0.1, 0.15) is 11.6 Å². The maximum atomic E-state index is 12.7. The number of nitrogens with zero attached hydrogens (tertiary/aromatic N) is 6. The molecule has 0 saturated heterocycles. The standard InChI is InChI=1S/C10H10F3N7/c11-10(12,13)9-18-17-8-5-19(1-2-20(8)9)7-4-15-6(14)3-16-7/h3-4H,1-2,5H2,(H2,14,15). The minimum absolute atomic E-state index is 0.142.